The van der Waals surface area contributed by atoms with E-state index in [-0.39, 0.29) is 0 Å². The second kappa shape index (κ2) is 5.57. The number of ether oxygens (including phenoxy) is 1. The molecule has 1 aromatic carbocycles. The average Bonchev–Trinajstić information content (AvgIpc) is 2.36. The zero-order valence-electron chi connectivity index (χ0n) is 9.60. The van der Waals surface area contributed by atoms with Crippen molar-refractivity contribution in [3.05, 3.63) is 57.8 Å². The first-order chi connectivity index (χ1) is 8.61. The zero-order valence-corrected chi connectivity index (χ0v) is 11.1. The molecule has 0 aliphatic carbocycles. The van der Waals surface area contributed by atoms with Crippen molar-refractivity contribution in [3.63, 3.8) is 0 Å². The van der Waals surface area contributed by atoms with Crippen LogP contribution in [0, 0.1) is 0 Å². The van der Waals surface area contributed by atoms with Crippen LogP contribution in [0.5, 0.6) is 5.75 Å². The Morgan fingerprint density at radius 1 is 1.22 bits per heavy atom. The number of aromatic nitrogens is 1. The predicted molar refractivity (Wildman–Crippen MR) is 71.3 cm³/mol. The first-order valence-corrected chi connectivity index (χ1v) is 6.00. The van der Waals surface area contributed by atoms with Crippen LogP contribution in [0.15, 0.2) is 36.5 Å². The Hall–Kier alpha value is -1.29. The topological polar surface area (TPSA) is 42.4 Å². The fourth-order valence-electron chi connectivity index (χ4n) is 1.67. The molecule has 2 rings (SSSR count). The van der Waals surface area contributed by atoms with Crippen LogP contribution in [0.1, 0.15) is 17.4 Å². The molecule has 3 nitrogen and oxygen atoms in total. The summed E-state index contributed by atoms with van der Waals surface area (Å²) >= 11 is 11.8. The van der Waals surface area contributed by atoms with Gasteiger partial charge in [-0.1, -0.05) is 23.2 Å². The highest BCUT2D eigenvalue weighted by Gasteiger charge is 2.17. The minimum Gasteiger partial charge on any atom is -0.495 e. The van der Waals surface area contributed by atoms with Gasteiger partial charge in [-0.2, -0.15) is 0 Å². The van der Waals surface area contributed by atoms with Crippen LogP contribution < -0.4 is 4.74 Å². The summed E-state index contributed by atoms with van der Waals surface area (Å²) in [4.78, 5) is 4.12. The van der Waals surface area contributed by atoms with E-state index in [4.69, 9.17) is 27.9 Å². The van der Waals surface area contributed by atoms with Gasteiger partial charge in [-0.05, 0) is 35.9 Å². The van der Waals surface area contributed by atoms with Crippen molar-refractivity contribution in [3.8, 4) is 5.75 Å². The van der Waals surface area contributed by atoms with Crippen molar-refractivity contribution in [2.75, 3.05) is 7.11 Å². The Morgan fingerprint density at radius 2 is 1.89 bits per heavy atom. The van der Waals surface area contributed by atoms with Crippen molar-refractivity contribution < 1.29 is 9.84 Å². The Kier molecular flexibility index (Phi) is 4.07. The quantitative estimate of drug-likeness (QED) is 0.938. The zero-order chi connectivity index (χ0) is 13.1. The molecule has 94 valence electrons. The minimum atomic E-state index is -0.933. The maximum absolute atomic E-state index is 10.3. The van der Waals surface area contributed by atoms with E-state index in [9.17, 15) is 5.11 Å². The standard InChI is InChI=1S/C13H11Cl2NO2/c1-18-11-3-2-4-16-12(11)13(17)8-5-9(14)7-10(15)6-8/h2-7,13,17H,1H3. The molecule has 18 heavy (non-hydrogen) atoms. The molecule has 0 fully saturated rings. The number of benzene rings is 1. The van der Waals surface area contributed by atoms with E-state index in [1.54, 1.807) is 36.5 Å². The molecule has 1 aromatic heterocycles. The fraction of sp³-hybridized carbons (Fsp3) is 0.154. The number of aliphatic hydroxyl groups is 1. The van der Waals surface area contributed by atoms with Gasteiger partial charge in [-0.3, -0.25) is 4.98 Å². The number of halogens is 2. The molecule has 1 atom stereocenters. The summed E-state index contributed by atoms with van der Waals surface area (Å²) < 4.78 is 5.16. The molecule has 0 spiro atoms. The van der Waals surface area contributed by atoms with Crippen molar-refractivity contribution in [2.45, 2.75) is 6.10 Å². The van der Waals surface area contributed by atoms with Crippen LogP contribution >= 0.6 is 23.2 Å². The maximum atomic E-state index is 10.3. The highest BCUT2D eigenvalue weighted by atomic mass is 35.5. The maximum Gasteiger partial charge on any atom is 0.143 e. The summed E-state index contributed by atoms with van der Waals surface area (Å²) in [5.74, 6) is 0.515. The molecule has 2 aromatic rings. The molecule has 0 radical (unpaired) electrons. The number of nitrogens with zero attached hydrogens (tertiary/aromatic N) is 1. The molecular formula is C13H11Cl2NO2. The Balaban J connectivity index is 2.44. The molecule has 1 unspecified atom stereocenters. The van der Waals surface area contributed by atoms with Gasteiger partial charge in [-0.25, -0.2) is 0 Å². The first kappa shape index (κ1) is 13.1. The second-order valence-corrected chi connectivity index (χ2v) is 4.57. The van der Waals surface area contributed by atoms with Crippen LogP contribution in [-0.2, 0) is 0 Å². The summed E-state index contributed by atoms with van der Waals surface area (Å²) in [6.07, 6.45) is 0.657. The summed E-state index contributed by atoms with van der Waals surface area (Å²) in [6, 6.07) is 8.37. The van der Waals surface area contributed by atoms with E-state index in [1.165, 1.54) is 7.11 Å². The summed E-state index contributed by atoms with van der Waals surface area (Å²) in [7, 11) is 1.53. The lowest BCUT2D eigenvalue weighted by atomic mass is 10.1. The highest BCUT2D eigenvalue weighted by molar-refractivity contribution is 6.34. The SMILES string of the molecule is COc1cccnc1C(O)c1cc(Cl)cc(Cl)c1. The largest absolute Gasteiger partial charge is 0.495 e. The van der Waals surface area contributed by atoms with Gasteiger partial charge in [0, 0.05) is 16.2 Å². The molecule has 0 aliphatic heterocycles. The van der Waals surface area contributed by atoms with Gasteiger partial charge in [0.05, 0.1) is 7.11 Å². The van der Waals surface area contributed by atoms with E-state index in [1.807, 2.05) is 0 Å². The molecular weight excluding hydrogens is 273 g/mol. The lowest BCUT2D eigenvalue weighted by Crippen LogP contribution is -2.04. The Morgan fingerprint density at radius 3 is 2.50 bits per heavy atom. The third-order valence-electron chi connectivity index (χ3n) is 2.48. The number of hydrogen-bond donors (Lipinski definition) is 1. The smallest absolute Gasteiger partial charge is 0.143 e. The normalized spacial score (nSPS) is 12.2. The third kappa shape index (κ3) is 2.75. The average molecular weight is 284 g/mol. The molecule has 1 N–H and O–H groups in total. The predicted octanol–water partition coefficient (Wildman–Crippen LogP) is 3.48. The van der Waals surface area contributed by atoms with Crippen LogP contribution in [0.25, 0.3) is 0 Å². The van der Waals surface area contributed by atoms with Crippen LogP contribution in [-0.4, -0.2) is 17.2 Å². The van der Waals surface area contributed by atoms with E-state index < -0.39 is 6.10 Å². The fourth-order valence-corrected chi connectivity index (χ4v) is 2.21. The molecule has 0 bridgehead atoms. The number of methoxy groups -OCH3 is 1. The number of rotatable bonds is 3. The van der Waals surface area contributed by atoms with Gasteiger partial charge in [-0.15, -0.1) is 0 Å². The van der Waals surface area contributed by atoms with Crippen molar-refractivity contribution in [1.29, 1.82) is 0 Å². The van der Waals surface area contributed by atoms with E-state index >= 15 is 0 Å². The molecule has 0 aliphatic rings. The molecule has 0 saturated heterocycles. The number of pyridine rings is 1. The van der Waals surface area contributed by atoms with Crippen LogP contribution in [0.3, 0.4) is 0 Å². The summed E-state index contributed by atoms with van der Waals surface area (Å²) in [5, 5.41) is 11.2. The number of aliphatic hydroxyl groups excluding tert-OH is 1. The Bertz CT molecular complexity index is 540. The van der Waals surface area contributed by atoms with Crippen LogP contribution in [0.4, 0.5) is 0 Å². The van der Waals surface area contributed by atoms with Crippen LogP contribution in [0.2, 0.25) is 10.0 Å². The Labute approximate surface area is 115 Å². The van der Waals surface area contributed by atoms with Gasteiger partial charge >= 0.3 is 0 Å². The minimum absolute atomic E-state index is 0.429. The van der Waals surface area contributed by atoms with E-state index in [2.05, 4.69) is 4.98 Å². The summed E-state index contributed by atoms with van der Waals surface area (Å²) in [5.41, 5.74) is 1.00. The lowest BCUT2D eigenvalue weighted by Gasteiger charge is -2.14. The monoisotopic (exact) mass is 283 g/mol. The van der Waals surface area contributed by atoms with Gasteiger partial charge in [0.15, 0.2) is 0 Å². The van der Waals surface area contributed by atoms with Gasteiger partial charge in [0.2, 0.25) is 0 Å². The second-order valence-electron chi connectivity index (χ2n) is 3.70. The highest BCUT2D eigenvalue weighted by Crippen LogP contribution is 2.30. The van der Waals surface area contributed by atoms with E-state index in [0.29, 0.717) is 27.1 Å². The first-order valence-electron chi connectivity index (χ1n) is 5.25. The van der Waals surface area contributed by atoms with Crippen molar-refractivity contribution >= 4 is 23.2 Å². The number of hydrogen-bond acceptors (Lipinski definition) is 3. The van der Waals surface area contributed by atoms with Crippen molar-refractivity contribution in [2.24, 2.45) is 0 Å². The lowest BCUT2D eigenvalue weighted by molar-refractivity contribution is 0.209. The van der Waals surface area contributed by atoms with Gasteiger partial charge < -0.3 is 9.84 Å². The van der Waals surface area contributed by atoms with Gasteiger partial charge in [0.1, 0.15) is 17.5 Å². The molecule has 0 saturated carbocycles. The van der Waals surface area contributed by atoms with Gasteiger partial charge in [0.25, 0.3) is 0 Å². The van der Waals surface area contributed by atoms with E-state index in [0.717, 1.165) is 0 Å². The molecule has 1 heterocycles. The summed E-state index contributed by atoms with van der Waals surface area (Å²) in [6.45, 7) is 0. The third-order valence-corrected chi connectivity index (χ3v) is 2.92. The van der Waals surface area contributed by atoms with Crippen molar-refractivity contribution in [1.82, 2.24) is 4.98 Å². The molecule has 5 heteroatoms. The molecule has 0 amide bonds.